The predicted octanol–water partition coefficient (Wildman–Crippen LogP) is 4.74. The molecule has 0 heterocycles. The molecule has 2 N–H and O–H groups in total. The third-order valence-electron chi connectivity index (χ3n) is 1.88. The molecule has 0 aromatic rings. The molecule has 0 saturated heterocycles. The predicted molar refractivity (Wildman–Crippen MR) is 95.8 cm³/mol. The molecule has 21 heavy (non-hydrogen) atoms. The van der Waals surface area contributed by atoms with E-state index in [0.717, 1.165) is 13.2 Å². The van der Waals surface area contributed by atoms with Gasteiger partial charge in [0, 0.05) is 13.2 Å². The number of allylic oxidation sites excluding steroid dienone is 2. The van der Waals surface area contributed by atoms with Crippen molar-refractivity contribution in [2.45, 2.75) is 66.2 Å². The summed E-state index contributed by atoms with van der Waals surface area (Å²) >= 11 is 0. The minimum absolute atomic E-state index is 0.125. The molecule has 130 valence electrons. The van der Waals surface area contributed by atoms with E-state index in [4.69, 9.17) is 14.9 Å². The van der Waals surface area contributed by atoms with E-state index in [1.807, 2.05) is 13.8 Å². The van der Waals surface area contributed by atoms with Crippen molar-refractivity contribution in [3.63, 3.8) is 0 Å². The van der Waals surface area contributed by atoms with Crippen molar-refractivity contribution in [3.05, 3.63) is 25.3 Å². The molecule has 0 fully saturated rings. The van der Waals surface area contributed by atoms with Crippen molar-refractivity contribution < 1.29 is 14.9 Å². The Morgan fingerprint density at radius 1 is 0.762 bits per heavy atom. The van der Waals surface area contributed by atoms with Crippen LogP contribution in [0.3, 0.4) is 0 Å². The van der Waals surface area contributed by atoms with Gasteiger partial charge in [-0.25, -0.2) is 0 Å². The fourth-order valence-electron chi connectivity index (χ4n) is 1.01. The molecule has 0 aliphatic heterocycles. The molecule has 3 nitrogen and oxygen atoms in total. The van der Waals surface area contributed by atoms with E-state index in [1.54, 1.807) is 12.2 Å². The maximum atomic E-state index is 7.62. The van der Waals surface area contributed by atoms with Crippen LogP contribution in [0.1, 0.15) is 66.2 Å². The summed E-state index contributed by atoms with van der Waals surface area (Å²) < 4.78 is 5.44. The monoisotopic (exact) mass is 304 g/mol. The highest BCUT2D eigenvalue weighted by atomic mass is 16.5. The van der Waals surface area contributed by atoms with Gasteiger partial charge in [-0.1, -0.05) is 51.7 Å². The molecule has 0 aromatic carbocycles. The van der Waals surface area contributed by atoms with Gasteiger partial charge in [-0.2, -0.15) is 0 Å². The van der Waals surface area contributed by atoms with Crippen LogP contribution >= 0.6 is 0 Å². The summed E-state index contributed by atoms with van der Waals surface area (Å²) in [7, 11) is 0. The van der Waals surface area contributed by atoms with Crippen LogP contribution in [0.4, 0.5) is 0 Å². The lowest BCUT2D eigenvalue weighted by molar-refractivity contribution is 0.126. The van der Waals surface area contributed by atoms with Gasteiger partial charge in [-0.3, -0.25) is 0 Å². The lowest BCUT2D eigenvalue weighted by atomic mass is 10.2. The Balaban J connectivity index is -0.000000119. The normalized spacial score (nSPS) is 8.10. The van der Waals surface area contributed by atoms with E-state index in [2.05, 4.69) is 27.0 Å². The lowest BCUT2D eigenvalue weighted by Gasteiger charge is -2.01. The Kier molecular flexibility index (Phi) is 58.0. The molecule has 0 atom stereocenters. The molecule has 0 saturated carbocycles. The van der Waals surface area contributed by atoms with Gasteiger partial charge in [0.05, 0.1) is 13.2 Å². The molecule has 0 aliphatic rings. The van der Waals surface area contributed by atoms with Crippen LogP contribution in [0, 0.1) is 0 Å². The summed E-state index contributed by atoms with van der Waals surface area (Å²) in [5.41, 5.74) is 0. The minimum atomic E-state index is -0.125. The molecule has 0 bridgehead atoms. The maximum absolute atomic E-state index is 7.62. The smallest absolute Gasteiger partial charge is 0.0662 e. The van der Waals surface area contributed by atoms with Crippen molar-refractivity contribution in [1.29, 1.82) is 0 Å². The van der Waals surface area contributed by atoms with E-state index in [-0.39, 0.29) is 13.2 Å². The highest BCUT2D eigenvalue weighted by Gasteiger charge is 1.88. The quantitative estimate of drug-likeness (QED) is 0.478. The number of aliphatic hydroxyl groups is 2. The van der Waals surface area contributed by atoms with E-state index in [1.165, 1.54) is 38.5 Å². The van der Waals surface area contributed by atoms with Gasteiger partial charge in [0.1, 0.15) is 0 Å². The second-order valence-electron chi connectivity index (χ2n) is 4.29. The van der Waals surface area contributed by atoms with Crippen LogP contribution in [0.2, 0.25) is 0 Å². The number of ether oxygens (including phenoxy) is 1. The second kappa shape index (κ2) is 42.7. The molecule has 0 rings (SSSR count). The fourth-order valence-corrected chi connectivity index (χ4v) is 1.01. The largest absolute Gasteiger partial charge is 0.394 e. The van der Waals surface area contributed by atoms with Crippen molar-refractivity contribution in [2.24, 2.45) is 0 Å². The highest BCUT2D eigenvalue weighted by Crippen LogP contribution is 1.97. The SMILES string of the molecule is C=CC.C=CC.CCCCCOCCCCC.OCCO. The molecule has 3 heteroatoms. The number of aliphatic hydroxyl groups excluding tert-OH is 2. The van der Waals surface area contributed by atoms with Crippen LogP contribution in [0.25, 0.3) is 0 Å². The number of hydrogen-bond acceptors (Lipinski definition) is 3. The Bertz CT molecular complexity index is 131. The number of rotatable bonds is 9. The highest BCUT2D eigenvalue weighted by molar-refractivity contribution is 4.52. The third-order valence-corrected chi connectivity index (χ3v) is 1.88. The molecular weight excluding hydrogens is 264 g/mol. The molecule has 0 aromatic heterocycles. The maximum Gasteiger partial charge on any atom is 0.0662 e. The topological polar surface area (TPSA) is 49.7 Å². The van der Waals surface area contributed by atoms with E-state index in [0.29, 0.717) is 0 Å². The van der Waals surface area contributed by atoms with Gasteiger partial charge >= 0.3 is 0 Å². The van der Waals surface area contributed by atoms with Crippen molar-refractivity contribution in [3.8, 4) is 0 Å². The fraction of sp³-hybridized carbons (Fsp3) is 0.778. The van der Waals surface area contributed by atoms with Gasteiger partial charge in [0.15, 0.2) is 0 Å². The number of hydrogen-bond donors (Lipinski definition) is 2. The summed E-state index contributed by atoms with van der Waals surface area (Å²) in [4.78, 5) is 0. The Morgan fingerprint density at radius 2 is 1.05 bits per heavy atom. The molecule has 0 aliphatic carbocycles. The average Bonchev–Trinajstić information content (AvgIpc) is 2.48. The minimum Gasteiger partial charge on any atom is -0.394 e. The molecule has 0 unspecified atom stereocenters. The standard InChI is InChI=1S/C10H22O.2C3H6.C2H6O2/c1-3-5-7-9-11-10-8-6-4-2;2*1-3-2;3-1-2-4/h3-10H2,1-2H3;2*3H,1H2,2H3;3-4H,1-2H2. The van der Waals surface area contributed by atoms with E-state index < -0.39 is 0 Å². The van der Waals surface area contributed by atoms with E-state index in [9.17, 15) is 0 Å². The lowest BCUT2D eigenvalue weighted by Crippen LogP contribution is -1.96. The van der Waals surface area contributed by atoms with Crippen molar-refractivity contribution >= 4 is 0 Å². The van der Waals surface area contributed by atoms with Crippen molar-refractivity contribution in [2.75, 3.05) is 26.4 Å². The zero-order chi connectivity index (χ0) is 17.2. The van der Waals surface area contributed by atoms with Crippen LogP contribution in [-0.2, 0) is 4.74 Å². The summed E-state index contributed by atoms with van der Waals surface area (Å²) in [5, 5.41) is 15.2. The van der Waals surface area contributed by atoms with Crippen LogP contribution in [0.15, 0.2) is 25.3 Å². The van der Waals surface area contributed by atoms with E-state index >= 15 is 0 Å². The zero-order valence-corrected chi connectivity index (χ0v) is 14.9. The first kappa shape index (κ1) is 28.5. The average molecular weight is 305 g/mol. The summed E-state index contributed by atoms with van der Waals surface area (Å²) in [6.07, 6.45) is 11.2. The van der Waals surface area contributed by atoms with Crippen LogP contribution in [-0.4, -0.2) is 36.6 Å². The first-order valence-corrected chi connectivity index (χ1v) is 8.10. The summed E-state index contributed by atoms with van der Waals surface area (Å²) in [6.45, 7) is 16.6. The number of unbranched alkanes of at least 4 members (excludes halogenated alkanes) is 4. The Labute approximate surface area is 133 Å². The Hall–Kier alpha value is -0.640. The second-order valence-corrected chi connectivity index (χ2v) is 4.29. The molecular formula is C18H40O3. The van der Waals surface area contributed by atoms with Crippen LogP contribution < -0.4 is 0 Å². The summed E-state index contributed by atoms with van der Waals surface area (Å²) in [6, 6.07) is 0. The molecule has 0 amide bonds. The van der Waals surface area contributed by atoms with Gasteiger partial charge in [-0.15, -0.1) is 13.2 Å². The first-order valence-electron chi connectivity index (χ1n) is 8.10. The van der Waals surface area contributed by atoms with Gasteiger partial charge in [0.2, 0.25) is 0 Å². The summed E-state index contributed by atoms with van der Waals surface area (Å²) in [5.74, 6) is 0. The first-order chi connectivity index (χ1) is 10.2. The zero-order valence-electron chi connectivity index (χ0n) is 14.9. The van der Waals surface area contributed by atoms with Gasteiger partial charge in [0.25, 0.3) is 0 Å². The van der Waals surface area contributed by atoms with Crippen molar-refractivity contribution in [1.82, 2.24) is 0 Å². The van der Waals surface area contributed by atoms with Gasteiger partial charge in [-0.05, 0) is 26.7 Å². The third kappa shape index (κ3) is 83.5. The van der Waals surface area contributed by atoms with Gasteiger partial charge < -0.3 is 14.9 Å². The molecule has 0 radical (unpaired) electrons. The molecule has 0 spiro atoms. The Morgan fingerprint density at radius 3 is 1.24 bits per heavy atom. The van der Waals surface area contributed by atoms with Crippen LogP contribution in [0.5, 0.6) is 0 Å².